The summed E-state index contributed by atoms with van der Waals surface area (Å²) in [6.45, 7) is 0.229. The van der Waals surface area contributed by atoms with Crippen molar-refractivity contribution in [3.8, 4) is 11.5 Å². The smallest absolute Gasteiger partial charge is 0.417 e. The molecule has 0 spiro atoms. The predicted molar refractivity (Wildman–Crippen MR) is 98.7 cm³/mol. The topological polar surface area (TPSA) is 61.8 Å². The second-order valence-electron chi connectivity index (χ2n) is 6.49. The second kappa shape index (κ2) is 7.79. The number of carbonyl (C=O) groups is 1. The van der Waals surface area contributed by atoms with Crippen molar-refractivity contribution in [1.29, 1.82) is 0 Å². The number of nitrogens with zero attached hydrogens (tertiary/aromatic N) is 1. The lowest BCUT2D eigenvalue weighted by molar-refractivity contribution is -0.137. The van der Waals surface area contributed by atoms with Crippen molar-refractivity contribution >= 4 is 23.3 Å². The number of phenolic OH excluding ortho intramolecular Hbond substituents is 1. The van der Waals surface area contributed by atoms with E-state index in [1.807, 2.05) is 0 Å². The monoisotopic (exact) mass is 414 g/mol. The van der Waals surface area contributed by atoms with Crippen LogP contribution in [-0.2, 0) is 12.7 Å². The van der Waals surface area contributed by atoms with E-state index in [4.69, 9.17) is 16.3 Å². The Bertz CT molecular complexity index is 885. The minimum absolute atomic E-state index is 0.00850. The van der Waals surface area contributed by atoms with Gasteiger partial charge in [-0.05, 0) is 48.7 Å². The Morgan fingerprint density at radius 3 is 2.61 bits per heavy atom. The molecule has 9 heteroatoms. The number of phenols is 1. The number of halogens is 4. The van der Waals surface area contributed by atoms with E-state index in [-0.39, 0.29) is 29.8 Å². The summed E-state index contributed by atoms with van der Waals surface area (Å²) in [6.07, 6.45) is -2.98. The molecule has 28 heavy (non-hydrogen) atoms. The number of rotatable bonds is 5. The molecule has 150 valence electrons. The highest BCUT2D eigenvalue weighted by Gasteiger charge is 2.35. The van der Waals surface area contributed by atoms with Gasteiger partial charge in [-0.15, -0.1) is 0 Å². The lowest BCUT2D eigenvalue weighted by Crippen LogP contribution is -2.36. The maximum Gasteiger partial charge on any atom is 0.417 e. The van der Waals surface area contributed by atoms with E-state index in [1.165, 1.54) is 19.2 Å². The standard InChI is InChI=1S/C19H18ClF3N2O3/c1-28-17-8-11(2-7-16(17)26)10-25(13-4-5-13)18(27)24-12-3-6-15(20)14(9-12)19(21,22)23/h2-3,6-9,13,26H,4-5,10H2,1H3,(H,24,27). The summed E-state index contributed by atoms with van der Waals surface area (Å²) in [6, 6.07) is 7.48. The van der Waals surface area contributed by atoms with Gasteiger partial charge in [0.2, 0.25) is 0 Å². The molecule has 1 saturated carbocycles. The van der Waals surface area contributed by atoms with Crippen molar-refractivity contribution in [2.75, 3.05) is 12.4 Å². The van der Waals surface area contributed by atoms with Crippen molar-refractivity contribution in [2.24, 2.45) is 0 Å². The van der Waals surface area contributed by atoms with Crippen molar-refractivity contribution in [2.45, 2.75) is 31.6 Å². The van der Waals surface area contributed by atoms with Gasteiger partial charge in [0.25, 0.3) is 0 Å². The summed E-state index contributed by atoms with van der Waals surface area (Å²) >= 11 is 5.61. The average molecular weight is 415 g/mol. The highest BCUT2D eigenvalue weighted by molar-refractivity contribution is 6.31. The molecular formula is C19H18ClF3N2O3. The van der Waals surface area contributed by atoms with E-state index in [0.29, 0.717) is 0 Å². The number of aromatic hydroxyl groups is 1. The van der Waals surface area contributed by atoms with Gasteiger partial charge in [-0.25, -0.2) is 4.79 Å². The first-order chi connectivity index (χ1) is 13.2. The number of anilines is 1. The van der Waals surface area contributed by atoms with E-state index in [2.05, 4.69) is 5.32 Å². The van der Waals surface area contributed by atoms with Crippen LogP contribution in [0.4, 0.5) is 23.7 Å². The van der Waals surface area contributed by atoms with E-state index < -0.39 is 22.8 Å². The Hall–Kier alpha value is -2.61. The van der Waals surface area contributed by atoms with Crippen LogP contribution in [0.1, 0.15) is 24.0 Å². The van der Waals surface area contributed by atoms with Crippen LogP contribution in [0, 0.1) is 0 Å². The van der Waals surface area contributed by atoms with E-state index in [9.17, 15) is 23.1 Å². The molecule has 3 rings (SSSR count). The molecule has 1 fully saturated rings. The van der Waals surface area contributed by atoms with E-state index in [1.54, 1.807) is 17.0 Å². The van der Waals surface area contributed by atoms with E-state index >= 15 is 0 Å². The maximum atomic E-state index is 13.0. The summed E-state index contributed by atoms with van der Waals surface area (Å²) in [5, 5.41) is 11.8. The molecule has 0 atom stereocenters. The highest BCUT2D eigenvalue weighted by Crippen LogP contribution is 2.37. The van der Waals surface area contributed by atoms with Crippen molar-refractivity contribution in [3.63, 3.8) is 0 Å². The molecule has 2 amide bonds. The molecule has 0 aromatic heterocycles. The SMILES string of the molecule is COc1cc(CN(C(=O)Nc2ccc(Cl)c(C(F)(F)F)c2)C2CC2)ccc1O. The number of alkyl halides is 3. The van der Waals surface area contributed by atoms with Gasteiger partial charge >= 0.3 is 12.2 Å². The third-order valence-corrected chi connectivity index (χ3v) is 4.70. The van der Waals surface area contributed by atoms with Crippen LogP contribution in [0.2, 0.25) is 5.02 Å². The maximum absolute atomic E-state index is 13.0. The minimum Gasteiger partial charge on any atom is -0.504 e. The fraction of sp³-hybridized carbons (Fsp3) is 0.316. The summed E-state index contributed by atoms with van der Waals surface area (Å²) < 4.78 is 44.1. The first-order valence-electron chi connectivity index (χ1n) is 8.49. The van der Waals surface area contributed by atoms with Crippen LogP contribution in [0.15, 0.2) is 36.4 Å². The summed E-state index contributed by atoms with van der Waals surface area (Å²) in [5.74, 6) is 0.260. The summed E-state index contributed by atoms with van der Waals surface area (Å²) in [7, 11) is 1.42. The van der Waals surface area contributed by atoms with Crippen molar-refractivity contribution < 1.29 is 27.8 Å². The first-order valence-corrected chi connectivity index (χ1v) is 8.87. The van der Waals surface area contributed by atoms with Gasteiger partial charge in [0, 0.05) is 18.3 Å². The van der Waals surface area contributed by atoms with E-state index in [0.717, 1.165) is 30.5 Å². The molecule has 5 nitrogen and oxygen atoms in total. The normalized spacial score (nSPS) is 13.9. The molecule has 0 aliphatic heterocycles. The number of nitrogens with one attached hydrogen (secondary N) is 1. The Labute approximate surface area is 164 Å². The third-order valence-electron chi connectivity index (χ3n) is 4.37. The fourth-order valence-electron chi connectivity index (χ4n) is 2.79. The van der Waals surface area contributed by atoms with Gasteiger partial charge in [-0.3, -0.25) is 0 Å². The number of benzene rings is 2. The van der Waals surface area contributed by atoms with Crippen LogP contribution < -0.4 is 10.1 Å². The molecule has 1 aliphatic carbocycles. The average Bonchev–Trinajstić information content (AvgIpc) is 3.46. The largest absolute Gasteiger partial charge is 0.504 e. The molecule has 2 aromatic carbocycles. The Kier molecular flexibility index (Phi) is 5.60. The molecular weight excluding hydrogens is 397 g/mol. The molecule has 0 saturated heterocycles. The zero-order valence-electron chi connectivity index (χ0n) is 14.9. The van der Waals surface area contributed by atoms with Crippen molar-refractivity contribution in [3.05, 3.63) is 52.5 Å². The van der Waals surface area contributed by atoms with Crippen LogP contribution in [0.3, 0.4) is 0 Å². The zero-order chi connectivity index (χ0) is 20.5. The number of ether oxygens (including phenoxy) is 1. The van der Waals surface area contributed by atoms with Gasteiger partial charge in [0.15, 0.2) is 11.5 Å². The minimum atomic E-state index is -4.61. The molecule has 0 bridgehead atoms. The van der Waals surface area contributed by atoms with Crippen molar-refractivity contribution in [1.82, 2.24) is 4.90 Å². The second-order valence-corrected chi connectivity index (χ2v) is 6.90. The fourth-order valence-corrected chi connectivity index (χ4v) is 3.01. The summed E-state index contributed by atoms with van der Waals surface area (Å²) in [5.41, 5.74) is -0.271. The lowest BCUT2D eigenvalue weighted by atomic mass is 10.2. The van der Waals surface area contributed by atoms with Crippen LogP contribution in [-0.4, -0.2) is 29.2 Å². The van der Waals surface area contributed by atoms with Gasteiger partial charge in [0.05, 0.1) is 17.7 Å². The van der Waals surface area contributed by atoms with Crippen LogP contribution in [0.5, 0.6) is 11.5 Å². The molecule has 2 N–H and O–H groups in total. The molecule has 0 heterocycles. The van der Waals surface area contributed by atoms with Gasteiger partial charge < -0.3 is 20.1 Å². The zero-order valence-corrected chi connectivity index (χ0v) is 15.6. The quantitative estimate of drug-likeness (QED) is 0.700. The number of hydrogen-bond acceptors (Lipinski definition) is 3. The number of carbonyl (C=O) groups excluding carboxylic acids is 1. The van der Waals surface area contributed by atoms with Gasteiger partial charge in [-0.2, -0.15) is 13.2 Å². The summed E-state index contributed by atoms with van der Waals surface area (Å²) in [4.78, 5) is 14.2. The number of methoxy groups -OCH3 is 1. The number of amides is 2. The first kappa shape index (κ1) is 20.1. The Morgan fingerprint density at radius 2 is 2.00 bits per heavy atom. The van der Waals surface area contributed by atoms with Crippen LogP contribution in [0.25, 0.3) is 0 Å². The van der Waals surface area contributed by atoms with Crippen LogP contribution >= 0.6 is 11.6 Å². The lowest BCUT2D eigenvalue weighted by Gasteiger charge is -2.23. The molecule has 0 radical (unpaired) electrons. The van der Waals surface area contributed by atoms with Gasteiger partial charge in [0.1, 0.15) is 0 Å². The predicted octanol–water partition coefficient (Wildman–Crippen LogP) is 5.27. The third kappa shape index (κ3) is 4.62. The Morgan fingerprint density at radius 1 is 1.29 bits per heavy atom. The molecule has 2 aromatic rings. The number of urea groups is 1. The number of hydrogen-bond donors (Lipinski definition) is 2. The Balaban J connectivity index is 1.78. The molecule has 0 unspecified atom stereocenters. The molecule has 1 aliphatic rings. The highest BCUT2D eigenvalue weighted by atomic mass is 35.5. The van der Waals surface area contributed by atoms with Gasteiger partial charge in [-0.1, -0.05) is 17.7 Å².